The van der Waals surface area contributed by atoms with Gasteiger partial charge in [-0.3, -0.25) is 4.79 Å². The minimum atomic E-state index is -0.419. The van der Waals surface area contributed by atoms with Crippen LogP contribution in [0.5, 0.6) is 0 Å². The first-order chi connectivity index (χ1) is 8.25. The van der Waals surface area contributed by atoms with Crippen LogP contribution in [0.2, 0.25) is 0 Å². The van der Waals surface area contributed by atoms with Gasteiger partial charge in [-0.05, 0) is 44.5 Å². The van der Waals surface area contributed by atoms with Gasteiger partial charge in [0.1, 0.15) is 5.82 Å². The van der Waals surface area contributed by atoms with Crippen LogP contribution in [0.1, 0.15) is 29.6 Å². The molecule has 0 saturated carbocycles. The second-order valence-corrected chi connectivity index (χ2v) is 4.32. The number of pyridine rings is 1. The number of primary amides is 1. The predicted octanol–water partition coefficient (Wildman–Crippen LogP) is 0.734. The summed E-state index contributed by atoms with van der Waals surface area (Å²) in [4.78, 5) is 15.3. The van der Waals surface area contributed by atoms with Crippen molar-refractivity contribution < 1.29 is 4.79 Å². The molecule has 1 aliphatic rings. The second kappa shape index (κ2) is 5.63. The Morgan fingerprint density at radius 3 is 3.18 bits per heavy atom. The molecule has 1 aromatic rings. The Balaban J connectivity index is 2.01. The van der Waals surface area contributed by atoms with E-state index in [0.29, 0.717) is 11.6 Å². The van der Waals surface area contributed by atoms with Gasteiger partial charge in [-0.2, -0.15) is 0 Å². The molecule has 5 heteroatoms. The fourth-order valence-corrected chi connectivity index (χ4v) is 2.04. The molecule has 0 radical (unpaired) electrons. The molecule has 1 atom stereocenters. The third kappa shape index (κ3) is 3.42. The standard InChI is InChI=1S/C12H18N4O/c13-12(17)9-3-7-15-11(8-9)16-10-2-1-5-14-6-4-10/h3,7-8,10,14H,1-2,4-6H2,(H2,13,17)(H,15,16). The van der Waals surface area contributed by atoms with E-state index in [4.69, 9.17) is 5.73 Å². The van der Waals surface area contributed by atoms with Crippen LogP contribution < -0.4 is 16.4 Å². The Morgan fingerprint density at radius 2 is 2.35 bits per heavy atom. The van der Waals surface area contributed by atoms with Crippen LogP contribution in [0.4, 0.5) is 5.82 Å². The minimum Gasteiger partial charge on any atom is -0.367 e. The number of rotatable bonds is 3. The molecule has 1 amide bonds. The van der Waals surface area contributed by atoms with E-state index in [1.165, 1.54) is 0 Å². The zero-order valence-corrected chi connectivity index (χ0v) is 9.78. The molecule has 1 saturated heterocycles. The highest BCUT2D eigenvalue weighted by Gasteiger charge is 2.12. The smallest absolute Gasteiger partial charge is 0.248 e. The zero-order valence-electron chi connectivity index (χ0n) is 9.78. The number of hydrogen-bond acceptors (Lipinski definition) is 4. The van der Waals surface area contributed by atoms with Crippen LogP contribution in [-0.4, -0.2) is 30.0 Å². The number of hydrogen-bond donors (Lipinski definition) is 3. The second-order valence-electron chi connectivity index (χ2n) is 4.32. The third-order valence-electron chi connectivity index (χ3n) is 2.97. The van der Waals surface area contributed by atoms with E-state index in [1.807, 2.05) is 0 Å². The van der Waals surface area contributed by atoms with Crippen LogP contribution in [0, 0.1) is 0 Å². The van der Waals surface area contributed by atoms with Crippen molar-refractivity contribution in [3.63, 3.8) is 0 Å². The number of nitrogens with two attached hydrogens (primary N) is 1. The molecule has 0 aromatic carbocycles. The molecule has 0 bridgehead atoms. The van der Waals surface area contributed by atoms with E-state index >= 15 is 0 Å². The third-order valence-corrected chi connectivity index (χ3v) is 2.97. The fourth-order valence-electron chi connectivity index (χ4n) is 2.04. The molecule has 4 N–H and O–H groups in total. The molecule has 2 heterocycles. The number of nitrogens with one attached hydrogen (secondary N) is 2. The molecule has 1 aromatic heterocycles. The van der Waals surface area contributed by atoms with Gasteiger partial charge in [-0.1, -0.05) is 0 Å². The molecular formula is C12H18N4O. The van der Waals surface area contributed by atoms with E-state index in [-0.39, 0.29) is 0 Å². The average Bonchev–Trinajstić information content (AvgIpc) is 2.58. The quantitative estimate of drug-likeness (QED) is 0.720. The highest BCUT2D eigenvalue weighted by atomic mass is 16.1. The van der Waals surface area contributed by atoms with Crippen molar-refractivity contribution in [1.29, 1.82) is 0 Å². The Morgan fingerprint density at radius 1 is 1.47 bits per heavy atom. The van der Waals surface area contributed by atoms with Gasteiger partial charge in [0.05, 0.1) is 0 Å². The average molecular weight is 234 g/mol. The zero-order chi connectivity index (χ0) is 12.1. The predicted molar refractivity (Wildman–Crippen MR) is 66.9 cm³/mol. The van der Waals surface area contributed by atoms with Gasteiger partial charge in [0.25, 0.3) is 0 Å². The number of nitrogens with zero attached hydrogens (tertiary/aromatic N) is 1. The first-order valence-electron chi connectivity index (χ1n) is 5.99. The minimum absolute atomic E-state index is 0.417. The highest BCUT2D eigenvalue weighted by Crippen LogP contribution is 2.13. The van der Waals surface area contributed by atoms with Crippen LogP contribution >= 0.6 is 0 Å². The molecule has 5 nitrogen and oxygen atoms in total. The monoisotopic (exact) mass is 234 g/mol. The van der Waals surface area contributed by atoms with Crippen molar-refractivity contribution in [2.24, 2.45) is 5.73 Å². The van der Waals surface area contributed by atoms with Gasteiger partial charge in [0, 0.05) is 17.8 Å². The molecular weight excluding hydrogens is 216 g/mol. The van der Waals surface area contributed by atoms with E-state index < -0.39 is 5.91 Å². The first-order valence-corrected chi connectivity index (χ1v) is 5.99. The Bertz CT molecular complexity index is 386. The maximum Gasteiger partial charge on any atom is 0.248 e. The largest absolute Gasteiger partial charge is 0.367 e. The lowest BCUT2D eigenvalue weighted by molar-refractivity contribution is 0.1000. The molecule has 17 heavy (non-hydrogen) atoms. The number of amides is 1. The van der Waals surface area contributed by atoms with Crippen molar-refractivity contribution in [3.05, 3.63) is 23.9 Å². The number of anilines is 1. The lowest BCUT2D eigenvalue weighted by Gasteiger charge is -2.16. The van der Waals surface area contributed by atoms with Crippen molar-refractivity contribution in [2.45, 2.75) is 25.3 Å². The van der Waals surface area contributed by atoms with Crippen molar-refractivity contribution >= 4 is 11.7 Å². The highest BCUT2D eigenvalue weighted by molar-refractivity contribution is 5.93. The van der Waals surface area contributed by atoms with Crippen LogP contribution in [0.15, 0.2) is 18.3 Å². The summed E-state index contributed by atoms with van der Waals surface area (Å²) in [6, 6.07) is 3.75. The normalized spacial score (nSPS) is 20.6. The van der Waals surface area contributed by atoms with E-state index in [1.54, 1.807) is 18.3 Å². The maximum absolute atomic E-state index is 11.1. The van der Waals surface area contributed by atoms with Gasteiger partial charge in [-0.15, -0.1) is 0 Å². The van der Waals surface area contributed by atoms with Gasteiger partial charge in [-0.25, -0.2) is 4.98 Å². The molecule has 0 spiro atoms. The van der Waals surface area contributed by atoms with Gasteiger partial charge < -0.3 is 16.4 Å². The molecule has 1 aliphatic heterocycles. The Labute approximate surface area is 101 Å². The van der Waals surface area contributed by atoms with Crippen LogP contribution in [-0.2, 0) is 0 Å². The Hall–Kier alpha value is -1.62. The molecule has 92 valence electrons. The van der Waals surface area contributed by atoms with Gasteiger partial charge in [0.2, 0.25) is 5.91 Å². The summed E-state index contributed by atoms with van der Waals surface area (Å²) in [6.45, 7) is 2.10. The SMILES string of the molecule is NC(=O)c1ccnc(NC2CCCNCC2)c1. The number of aromatic nitrogens is 1. The summed E-state index contributed by atoms with van der Waals surface area (Å²) < 4.78 is 0. The molecule has 1 fully saturated rings. The van der Waals surface area contributed by atoms with E-state index in [9.17, 15) is 4.79 Å². The Kier molecular flexibility index (Phi) is 3.93. The molecule has 2 rings (SSSR count). The van der Waals surface area contributed by atoms with Crippen LogP contribution in [0.3, 0.4) is 0 Å². The molecule has 1 unspecified atom stereocenters. The summed E-state index contributed by atoms with van der Waals surface area (Å²) in [5.41, 5.74) is 5.73. The summed E-state index contributed by atoms with van der Waals surface area (Å²) in [6.07, 6.45) is 4.96. The number of carbonyl (C=O) groups excluding carboxylic acids is 1. The summed E-state index contributed by atoms with van der Waals surface area (Å²) in [5, 5.41) is 6.72. The van der Waals surface area contributed by atoms with E-state index in [0.717, 1.165) is 38.2 Å². The number of carbonyl (C=O) groups is 1. The lowest BCUT2D eigenvalue weighted by Crippen LogP contribution is -2.22. The fraction of sp³-hybridized carbons (Fsp3) is 0.500. The summed E-state index contributed by atoms with van der Waals surface area (Å²) in [7, 11) is 0. The van der Waals surface area contributed by atoms with Crippen molar-refractivity contribution in [3.8, 4) is 0 Å². The van der Waals surface area contributed by atoms with Crippen LogP contribution in [0.25, 0.3) is 0 Å². The van der Waals surface area contributed by atoms with Gasteiger partial charge >= 0.3 is 0 Å². The van der Waals surface area contributed by atoms with Crippen molar-refractivity contribution in [1.82, 2.24) is 10.3 Å². The topological polar surface area (TPSA) is 80.0 Å². The lowest BCUT2D eigenvalue weighted by atomic mass is 10.1. The summed E-state index contributed by atoms with van der Waals surface area (Å²) >= 11 is 0. The van der Waals surface area contributed by atoms with E-state index in [2.05, 4.69) is 15.6 Å². The first kappa shape index (κ1) is 11.9. The van der Waals surface area contributed by atoms with Crippen molar-refractivity contribution in [2.75, 3.05) is 18.4 Å². The summed E-state index contributed by atoms with van der Waals surface area (Å²) in [5.74, 6) is 0.311. The van der Waals surface area contributed by atoms with Gasteiger partial charge in [0.15, 0.2) is 0 Å². The maximum atomic E-state index is 11.1. The molecule has 0 aliphatic carbocycles.